The Hall–Kier alpha value is -2.11. The highest BCUT2D eigenvalue weighted by Crippen LogP contribution is 2.25. The molecule has 0 aliphatic carbocycles. The van der Waals surface area contributed by atoms with Gasteiger partial charge in [-0.05, 0) is 12.8 Å². The minimum Gasteiger partial charge on any atom is -0.465 e. The van der Waals surface area contributed by atoms with Crippen molar-refractivity contribution >= 4 is 17.9 Å². The van der Waals surface area contributed by atoms with E-state index in [2.05, 4.69) is 13.2 Å². The fraction of sp³-hybridized carbons (Fsp3) is 0.588. The number of esters is 3. The first-order valence-electron chi connectivity index (χ1n) is 7.59. The summed E-state index contributed by atoms with van der Waals surface area (Å²) in [7, 11) is 0. The third kappa shape index (κ3) is 7.63. The van der Waals surface area contributed by atoms with Crippen LogP contribution in [-0.4, -0.2) is 37.7 Å². The molecule has 6 nitrogen and oxygen atoms in total. The molecule has 0 aliphatic rings. The minimum atomic E-state index is -0.805. The summed E-state index contributed by atoms with van der Waals surface area (Å²) in [6.45, 7) is 12.0. The first-order chi connectivity index (χ1) is 10.8. The molecule has 0 amide bonds. The fourth-order valence-corrected chi connectivity index (χ4v) is 1.53. The van der Waals surface area contributed by atoms with Crippen molar-refractivity contribution in [1.29, 1.82) is 0 Å². The van der Waals surface area contributed by atoms with E-state index in [1.165, 1.54) is 0 Å². The van der Waals surface area contributed by atoms with Crippen LogP contribution in [0.5, 0.6) is 0 Å². The van der Waals surface area contributed by atoms with Gasteiger partial charge >= 0.3 is 17.9 Å². The molecule has 6 heteroatoms. The Bertz CT molecular complexity index is 416. The molecule has 1 unspecified atom stereocenters. The molecular formula is C17H26O6. The lowest BCUT2D eigenvalue weighted by molar-refractivity contribution is -0.161. The van der Waals surface area contributed by atoms with Gasteiger partial charge in [0.15, 0.2) is 0 Å². The molecular weight excluding hydrogens is 300 g/mol. The second-order valence-electron chi connectivity index (χ2n) is 5.39. The van der Waals surface area contributed by atoms with Gasteiger partial charge in [0, 0.05) is 12.2 Å². The van der Waals surface area contributed by atoms with Crippen molar-refractivity contribution in [1.82, 2.24) is 0 Å². The molecule has 0 aromatic heterocycles. The molecule has 1 atom stereocenters. The molecule has 0 aromatic carbocycles. The van der Waals surface area contributed by atoms with Crippen LogP contribution in [0.1, 0.15) is 33.6 Å². The van der Waals surface area contributed by atoms with E-state index < -0.39 is 17.4 Å². The molecule has 0 aliphatic heterocycles. The second kappa shape index (κ2) is 10.6. The number of carbonyl (C=O) groups excluding carboxylic acids is 3. The topological polar surface area (TPSA) is 78.9 Å². The predicted octanol–water partition coefficient (Wildman–Crippen LogP) is 2.43. The maximum absolute atomic E-state index is 11.9. The Morgan fingerprint density at radius 1 is 0.957 bits per heavy atom. The second-order valence-corrected chi connectivity index (χ2v) is 5.39. The van der Waals surface area contributed by atoms with Crippen LogP contribution in [0.15, 0.2) is 25.3 Å². The number of hydrogen-bond acceptors (Lipinski definition) is 6. The van der Waals surface area contributed by atoms with Crippen LogP contribution in [0.2, 0.25) is 0 Å². The molecule has 0 radical (unpaired) electrons. The van der Waals surface area contributed by atoms with Crippen molar-refractivity contribution in [2.75, 3.05) is 19.8 Å². The van der Waals surface area contributed by atoms with E-state index in [0.717, 1.165) is 12.2 Å². The Kier molecular flexibility index (Phi) is 9.62. The lowest BCUT2D eigenvalue weighted by Gasteiger charge is -2.31. The fourth-order valence-electron chi connectivity index (χ4n) is 1.53. The summed E-state index contributed by atoms with van der Waals surface area (Å²) in [6, 6.07) is 0. The van der Waals surface area contributed by atoms with Gasteiger partial charge in [-0.25, -0.2) is 9.59 Å². The Balaban J connectivity index is 4.95. The molecule has 130 valence electrons. The Morgan fingerprint density at radius 3 is 1.74 bits per heavy atom. The molecule has 0 saturated carbocycles. The molecule has 0 spiro atoms. The van der Waals surface area contributed by atoms with Gasteiger partial charge in [0.1, 0.15) is 19.8 Å². The number of ether oxygens (including phenoxy) is 3. The van der Waals surface area contributed by atoms with Gasteiger partial charge in [-0.2, -0.15) is 0 Å². The van der Waals surface area contributed by atoms with Gasteiger partial charge in [0.05, 0.1) is 11.3 Å². The third-order valence-corrected chi connectivity index (χ3v) is 3.66. The molecule has 0 rings (SSSR count). The van der Waals surface area contributed by atoms with Crippen LogP contribution in [-0.2, 0) is 28.6 Å². The molecule has 0 heterocycles. The predicted molar refractivity (Wildman–Crippen MR) is 85.5 cm³/mol. The summed E-state index contributed by atoms with van der Waals surface area (Å²) in [4.78, 5) is 34.4. The van der Waals surface area contributed by atoms with E-state index in [0.29, 0.717) is 12.8 Å². The molecule has 23 heavy (non-hydrogen) atoms. The van der Waals surface area contributed by atoms with Crippen LogP contribution in [0.4, 0.5) is 0 Å². The number of rotatable bonds is 11. The maximum atomic E-state index is 11.9. The highest BCUT2D eigenvalue weighted by molar-refractivity contribution is 5.81. The summed E-state index contributed by atoms with van der Waals surface area (Å²) >= 11 is 0. The number of carbonyl (C=O) groups is 3. The summed E-state index contributed by atoms with van der Waals surface area (Å²) in [5.41, 5.74) is -0.805. The molecule has 0 saturated heterocycles. The van der Waals surface area contributed by atoms with Crippen molar-refractivity contribution in [3.8, 4) is 0 Å². The normalized spacial score (nSPS) is 12.0. The van der Waals surface area contributed by atoms with Gasteiger partial charge in [0.25, 0.3) is 0 Å². The smallest absolute Gasteiger partial charge is 0.330 e. The van der Waals surface area contributed by atoms with Crippen molar-refractivity contribution in [3.05, 3.63) is 25.3 Å². The zero-order valence-corrected chi connectivity index (χ0v) is 14.1. The quantitative estimate of drug-likeness (QED) is 0.330. The van der Waals surface area contributed by atoms with Gasteiger partial charge in [-0.1, -0.05) is 33.9 Å². The van der Waals surface area contributed by atoms with E-state index >= 15 is 0 Å². The van der Waals surface area contributed by atoms with Crippen molar-refractivity contribution in [2.24, 2.45) is 11.3 Å². The van der Waals surface area contributed by atoms with Crippen molar-refractivity contribution < 1.29 is 28.6 Å². The van der Waals surface area contributed by atoms with E-state index in [1.807, 2.05) is 13.8 Å². The summed E-state index contributed by atoms with van der Waals surface area (Å²) in [6.07, 6.45) is 3.23. The molecule has 0 fully saturated rings. The Labute approximate surface area is 137 Å². The van der Waals surface area contributed by atoms with E-state index in [4.69, 9.17) is 14.2 Å². The van der Waals surface area contributed by atoms with Gasteiger partial charge in [-0.15, -0.1) is 0 Å². The van der Waals surface area contributed by atoms with Gasteiger partial charge < -0.3 is 14.2 Å². The zero-order valence-electron chi connectivity index (χ0n) is 14.1. The van der Waals surface area contributed by atoms with E-state index in [-0.39, 0.29) is 31.7 Å². The van der Waals surface area contributed by atoms with E-state index in [9.17, 15) is 14.4 Å². The van der Waals surface area contributed by atoms with Crippen LogP contribution in [0, 0.1) is 11.3 Å². The molecule has 0 bridgehead atoms. The van der Waals surface area contributed by atoms with Crippen LogP contribution in [0.3, 0.4) is 0 Å². The highest BCUT2D eigenvalue weighted by atomic mass is 16.6. The molecule has 0 N–H and O–H groups in total. The largest absolute Gasteiger partial charge is 0.465 e. The van der Waals surface area contributed by atoms with Crippen LogP contribution >= 0.6 is 0 Å². The van der Waals surface area contributed by atoms with Crippen molar-refractivity contribution in [3.63, 3.8) is 0 Å². The standard InChI is InChI=1S/C17H26O6/c1-6-13(5)16(20)23-12-17(9-4,10-21-14(18)7-2)11-22-15(19)8-3/h7-8,13H,2-3,6,9-12H2,1,4-5H3. The Morgan fingerprint density at radius 2 is 1.39 bits per heavy atom. The van der Waals surface area contributed by atoms with Crippen LogP contribution in [0.25, 0.3) is 0 Å². The maximum Gasteiger partial charge on any atom is 0.330 e. The summed E-state index contributed by atoms with van der Waals surface area (Å²) < 4.78 is 15.4. The number of hydrogen-bond donors (Lipinski definition) is 0. The van der Waals surface area contributed by atoms with Crippen molar-refractivity contribution in [2.45, 2.75) is 33.6 Å². The highest BCUT2D eigenvalue weighted by Gasteiger charge is 2.34. The first-order valence-corrected chi connectivity index (χ1v) is 7.59. The van der Waals surface area contributed by atoms with Gasteiger partial charge in [0.2, 0.25) is 0 Å². The SMILES string of the molecule is C=CC(=O)OCC(CC)(COC(=O)C=C)COC(=O)C(C)CC. The lowest BCUT2D eigenvalue weighted by atomic mass is 9.88. The lowest BCUT2D eigenvalue weighted by Crippen LogP contribution is -2.39. The first kappa shape index (κ1) is 20.9. The summed E-state index contributed by atoms with van der Waals surface area (Å²) in [5, 5.41) is 0. The van der Waals surface area contributed by atoms with Crippen LogP contribution < -0.4 is 0 Å². The summed E-state index contributed by atoms with van der Waals surface area (Å²) in [5.74, 6) is -1.75. The monoisotopic (exact) mass is 326 g/mol. The zero-order chi connectivity index (χ0) is 17.9. The van der Waals surface area contributed by atoms with Gasteiger partial charge in [-0.3, -0.25) is 4.79 Å². The molecule has 0 aromatic rings. The third-order valence-electron chi connectivity index (χ3n) is 3.66. The average molecular weight is 326 g/mol. The minimum absolute atomic E-state index is 0.0124. The van der Waals surface area contributed by atoms with E-state index in [1.54, 1.807) is 6.92 Å². The average Bonchev–Trinajstić information content (AvgIpc) is 2.59.